The Labute approximate surface area is 107 Å². The molecule has 5 nitrogen and oxygen atoms in total. The highest BCUT2D eigenvalue weighted by Gasteiger charge is 2.06. The van der Waals surface area contributed by atoms with Gasteiger partial charge in [-0.3, -0.25) is 4.79 Å². The van der Waals surface area contributed by atoms with Gasteiger partial charge in [0, 0.05) is 24.8 Å². The molecule has 0 fully saturated rings. The van der Waals surface area contributed by atoms with Crippen LogP contribution in [0.5, 0.6) is 0 Å². The molecule has 0 saturated heterocycles. The summed E-state index contributed by atoms with van der Waals surface area (Å²) in [7, 11) is 1.57. The van der Waals surface area contributed by atoms with Crippen LogP contribution in [0.3, 0.4) is 0 Å². The Hall–Kier alpha value is -2.04. The highest BCUT2D eigenvalue weighted by molar-refractivity contribution is 5.96. The van der Waals surface area contributed by atoms with Gasteiger partial charge in [0.25, 0.3) is 5.91 Å². The summed E-state index contributed by atoms with van der Waals surface area (Å²) >= 11 is 0. The van der Waals surface area contributed by atoms with Gasteiger partial charge in [0.2, 0.25) is 0 Å². The lowest BCUT2D eigenvalue weighted by Gasteiger charge is -2.10. The highest BCUT2D eigenvalue weighted by atomic mass is 16.2. The van der Waals surface area contributed by atoms with Gasteiger partial charge in [-0.05, 0) is 24.1 Å². The average molecular weight is 249 g/mol. The fraction of sp³-hybridized carbons (Fsp3) is 0.385. The van der Waals surface area contributed by atoms with Crippen LogP contribution in [0.1, 0.15) is 24.2 Å². The average Bonchev–Trinajstić information content (AvgIpc) is 2.35. The van der Waals surface area contributed by atoms with Crippen LogP contribution in [0.25, 0.3) is 0 Å². The van der Waals surface area contributed by atoms with Gasteiger partial charge in [-0.15, -0.1) is 0 Å². The van der Waals surface area contributed by atoms with E-state index in [1.54, 1.807) is 31.3 Å². The van der Waals surface area contributed by atoms with Gasteiger partial charge in [0.1, 0.15) is 0 Å². The topological polar surface area (TPSA) is 70.2 Å². The summed E-state index contributed by atoms with van der Waals surface area (Å²) < 4.78 is 0. The second-order valence-electron chi connectivity index (χ2n) is 4.39. The summed E-state index contributed by atoms with van der Waals surface area (Å²) in [6.07, 6.45) is 0. The molecule has 0 radical (unpaired) electrons. The molecule has 98 valence electrons. The van der Waals surface area contributed by atoms with E-state index in [4.69, 9.17) is 0 Å². The maximum Gasteiger partial charge on any atom is 0.319 e. The van der Waals surface area contributed by atoms with Crippen LogP contribution >= 0.6 is 0 Å². The lowest BCUT2D eigenvalue weighted by molar-refractivity contribution is 0.0963. The predicted octanol–water partition coefficient (Wildman–Crippen LogP) is 1.82. The highest BCUT2D eigenvalue weighted by Crippen LogP contribution is 2.10. The van der Waals surface area contributed by atoms with E-state index >= 15 is 0 Å². The fourth-order valence-electron chi connectivity index (χ4n) is 1.35. The lowest BCUT2D eigenvalue weighted by atomic mass is 10.2. The van der Waals surface area contributed by atoms with Crippen LogP contribution in [0.15, 0.2) is 24.3 Å². The molecule has 0 heterocycles. The first-order valence-corrected chi connectivity index (χ1v) is 5.90. The van der Waals surface area contributed by atoms with Gasteiger partial charge < -0.3 is 16.0 Å². The first-order valence-electron chi connectivity index (χ1n) is 5.90. The van der Waals surface area contributed by atoms with E-state index in [1.807, 2.05) is 13.8 Å². The standard InChI is InChI=1S/C13H19N3O2/c1-9(2)8-15-13(18)16-11-6-4-5-10(7-11)12(17)14-3/h4-7,9H,8H2,1-3H3,(H,14,17)(H2,15,16,18). The number of urea groups is 1. The minimum absolute atomic E-state index is 0.179. The van der Waals surface area contributed by atoms with Crippen LogP contribution in [-0.2, 0) is 0 Å². The SMILES string of the molecule is CNC(=O)c1cccc(NC(=O)NCC(C)C)c1. The van der Waals surface area contributed by atoms with E-state index in [2.05, 4.69) is 16.0 Å². The number of carbonyl (C=O) groups excluding carboxylic acids is 2. The second-order valence-corrected chi connectivity index (χ2v) is 4.39. The Morgan fingerprint density at radius 3 is 2.61 bits per heavy atom. The quantitative estimate of drug-likeness (QED) is 0.761. The third-order valence-electron chi connectivity index (χ3n) is 2.28. The second kappa shape index (κ2) is 6.64. The molecule has 1 aromatic carbocycles. The largest absolute Gasteiger partial charge is 0.355 e. The third-order valence-corrected chi connectivity index (χ3v) is 2.28. The monoisotopic (exact) mass is 249 g/mol. The van der Waals surface area contributed by atoms with Crippen molar-refractivity contribution in [2.24, 2.45) is 5.92 Å². The summed E-state index contributed by atoms with van der Waals surface area (Å²) in [5.41, 5.74) is 1.11. The van der Waals surface area contributed by atoms with Gasteiger partial charge in [0.05, 0.1) is 0 Å². The summed E-state index contributed by atoms with van der Waals surface area (Å²) in [5, 5.41) is 7.96. The van der Waals surface area contributed by atoms with Gasteiger partial charge in [-0.1, -0.05) is 19.9 Å². The van der Waals surface area contributed by atoms with Crippen LogP contribution in [0.4, 0.5) is 10.5 Å². The van der Waals surface area contributed by atoms with E-state index in [9.17, 15) is 9.59 Å². The first-order chi connectivity index (χ1) is 8.52. The van der Waals surface area contributed by atoms with Crippen molar-refractivity contribution in [3.8, 4) is 0 Å². The molecule has 0 aliphatic carbocycles. The molecule has 18 heavy (non-hydrogen) atoms. The Morgan fingerprint density at radius 2 is 2.00 bits per heavy atom. The molecule has 0 unspecified atom stereocenters. The van der Waals surface area contributed by atoms with E-state index in [1.165, 1.54) is 0 Å². The molecular weight excluding hydrogens is 230 g/mol. The molecule has 0 aliphatic rings. The van der Waals surface area contributed by atoms with Crippen molar-refractivity contribution in [1.29, 1.82) is 0 Å². The summed E-state index contributed by atoms with van der Waals surface area (Å²) in [6, 6.07) is 6.52. The molecule has 0 aromatic heterocycles. The molecule has 0 bridgehead atoms. The van der Waals surface area contributed by atoms with Crippen molar-refractivity contribution >= 4 is 17.6 Å². The predicted molar refractivity (Wildman–Crippen MR) is 71.7 cm³/mol. The van der Waals surface area contributed by atoms with E-state index in [0.717, 1.165) is 0 Å². The number of hydrogen-bond donors (Lipinski definition) is 3. The molecule has 0 spiro atoms. The number of amides is 3. The van der Waals surface area contributed by atoms with Crippen LogP contribution in [0, 0.1) is 5.92 Å². The van der Waals surface area contributed by atoms with Gasteiger partial charge in [-0.2, -0.15) is 0 Å². The molecule has 1 aromatic rings. The molecule has 3 N–H and O–H groups in total. The van der Waals surface area contributed by atoms with Crippen molar-refractivity contribution in [3.05, 3.63) is 29.8 Å². The number of hydrogen-bond acceptors (Lipinski definition) is 2. The summed E-state index contributed by atoms with van der Waals surface area (Å²) in [4.78, 5) is 23.0. The van der Waals surface area contributed by atoms with Crippen LogP contribution in [0.2, 0.25) is 0 Å². The maximum atomic E-state index is 11.5. The lowest BCUT2D eigenvalue weighted by Crippen LogP contribution is -2.31. The number of anilines is 1. The first kappa shape index (κ1) is 14.0. The fourth-order valence-corrected chi connectivity index (χ4v) is 1.35. The minimum atomic E-state index is -0.266. The maximum absolute atomic E-state index is 11.5. The molecule has 3 amide bonds. The van der Waals surface area contributed by atoms with E-state index < -0.39 is 0 Å². The zero-order valence-electron chi connectivity index (χ0n) is 10.9. The molecular formula is C13H19N3O2. The van der Waals surface area contributed by atoms with Crippen molar-refractivity contribution in [2.75, 3.05) is 18.9 Å². The smallest absolute Gasteiger partial charge is 0.319 e. The molecule has 0 saturated carbocycles. The Morgan fingerprint density at radius 1 is 1.28 bits per heavy atom. The van der Waals surface area contributed by atoms with Crippen molar-refractivity contribution < 1.29 is 9.59 Å². The Bertz CT molecular complexity index is 430. The van der Waals surface area contributed by atoms with Crippen molar-refractivity contribution in [3.63, 3.8) is 0 Å². The van der Waals surface area contributed by atoms with Gasteiger partial charge in [0.15, 0.2) is 0 Å². The Kier molecular flexibility index (Phi) is 5.17. The van der Waals surface area contributed by atoms with Gasteiger partial charge >= 0.3 is 6.03 Å². The Balaban J connectivity index is 2.62. The molecule has 0 atom stereocenters. The van der Waals surface area contributed by atoms with E-state index in [0.29, 0.717) is 23.7 Å². The number of nitrogens with one attached hydrogen (secondary N) is 3. The number of benzene rings is 1. The minimum Gasteiger partial charge on any atom is -0.355 e. The van der Waals surface area contributed by atoms with Crippen molar-refractivity contribution in [1.82, 2.24) is 10.6 Å². The summed E-state index contributed by atoms with van der Waals surface area (Å²) in [6.45, 7) is 4.65. The molecule has 0 aliphatic heterocycles. The zero-order valence-corrected chi connectivity index (χ0v) is 10.9. The normalized spacial score (nSPS) is 10.0. The van der Waals surface area contributed by atoms with Crippen molar-refractivity contribution in [2.45, 2.75) is 13.8 Å². The third kappa shape index (κ3) is 4.45. The van der Waals surface area contributed by atoms with E-state index in [-0.39, 0.29) is 11.9 Å². The molecule has 1 rings (SSSR count). The zero-order chi connectivity index (χ0) is 13.5. The van der Waals surface area contributed by atoms with Crippen LogP contribution in [-0.4, -0.2) is 25.5 Å². The number of rotatable bonds is 4. The van der Waals surface area contributed by atoms with Crippen LogP contribution < -0.4 is 16.0 Å². The summed E-state index contributed by atoms with van der Waals surface area (Å²) in [5.74, 6) is 0.217. The molecule has 5 heteroatoms. The number of carbonyl (C=O) groups is 2. The van der Waals surface area contributed by atoms with Gasteiger partial charge in [-0.25, -0.2) is 4.79 Å².